The minimum absolute atomic E-state index is 0.0272. The summed E-state index contributed by atoms with van der Waals surface area (Å²) in [5.74, 6) is 0.952. The average Bonchev–Trinajstić information content (AvgIpc) is 3.73. The number of nitrogens with zero attached hydrogens (tertiary/aromatic N) is 2. The lowest BCUT2D eigenvalue weighted by molar-refractivity contribution is 0.193. The van der Waals surface area contributed by atoms with Crippen LogP contribution in [0.3, 0.4) is 0 Å². The second-order valence-electron chi connectivity index (χ2n) is 10.1. The summed E-state index contributed by atoms with van der Waals surface area (Å²) in [6.45, 7) is 5.04. The van der Waals surface area contributed by atoms with Crippen molar-refractivity contribution in [1.82, 2.24) is 15.3 Å². The Morgan fingerprint density at radius 1 is 0.868 bits per heavy atom. The van der Waals surface area contributed by atoms with Gasteiger partial charge in [-0.1, -0.05) is 54.6 Å². The van der Waals surface area contributed by atoms with E-state index in [1.165, 1.54) is 18.4 Å². The monoisotopic (exact) mass is 526 g/mol. The average molecular weight is 527 g/mol. The quantitative estimate of drug-likeness (QED) is 0.358. The predicted octanol–water partition coefficient (Wildman–Crippen LogP) is 5.66. The van der Waals surface area contributed by atoms with E-state index in [1.807, 2.05) is 38.1 Å². The fraction of sp³-hybridized carbons (Fsp3) is 0.267. The van der Waals surface area contributed by atoms with Crippen LogP contribution in [0.4, 0.5) is 5.95 Å². The standard InChI is InChI=1S/C30H30N4O3S/c1-19-5-3-6-20(2)29(19)26-16-28-33-30(32-26)34-38(35,36)25-8-4-7-21(15-25)17-31-18-27(37-28)24-13-11-23(12-14-24)22-9-10-22/h3-8,11-16,22,27,31H,9-10,17-18H2,1-2H3,(H,32,33,34)/t27-/m0/s1. The summed E-state index contributed by atoms with van der Waals surface area (Å²) in [5, 5.41) is 3.45. The van der Waals surface area contributed by atoms with Crippen LogP contribution in [0.15, 0.2) is 77.7 Å². The Morgan fingerprint density at radius 2 is 1.58 bits per heavy atom. The van der Waals surface area contributed by atoms with Gasteiger partial charge in [0.25, 0.3) is 10.0 Å². The van der Waals surface area contributed by atoms with Gasteiger partial charge in [0.15, 0.2) is 0 Å². The van der Waals surface area contributed by atoms with E-state index in [1.54, 1.807) is 24.3 Å². The molecule has 0 saturated heterocycles. The van der Waals surface area contributed by atoms with E-state index in [0.717, 1.165) is 27.8 Å². The fourth-order valence-corrected chi connectivity index (χ4v) is 6.01. The van der Waals surface area contributed by atoms with Crippen LogP contribution in [-0.2, 0) is 16.6 Å². The van der Waals surface area contributed by atoms with Gasteiger partial charge in [-0.25, -0.2) is 18.1 Å². The van der Waals surface area contributed by atoms with Crippen molar-refractivity contribution >= 4 is 16.0 Å². The molecule has 0 amide bonds. The number of aromatic nitrogens is 2. The first-order valence-corrected chi connectivity index (χ1v) is 14.4. The highest BCUT2D eigenvalue weighted by Crippen LogP contribution is 2.40. The van der Waals surface area contributed by atoms with Gasteiger partial charge in [-0.15, -0.1) is 0 Å². The number of nitrogens with one attached hydrogen (secondary N) is 2. The van der Waals surface area contributed by atoms with Gasteiger partial charge in [0, 0.05) is 24.7 Å². The minimum atomic E-state index is -3.91. The zero-order valence-corrected chi connectivity index (χ0v) is 22.3. The van der Waals surface area contributed by atoms with Crippen LogP contribution in [0, 0.1) is 13.8 Å². The fourth-order valence-electron chi connectivity index (χ4n) is 5.00. The Bertz CT molecular complexity index is 1580. The van der Waals surface area contributed by atoms with Crippen molar-refractivity contribution in [2.75, 3.05) is 11.3 Å². The molecule has 4 bridgehead atoms. The van der Waals surface area contributed by atoms with Crippen molar-refractivity contribution in [1.29, 1.82) is 0 Å². The van der Waals surface area contributed by atoms with Crippen LogP contribution < -0.4 is 14.8 Å². The molecule has 6 rings (SSSR count). The maximum absolute atomic E-state index is 13.3. The molecule has 0 unspecified atom stereocenters. The number of hydrogen-bond donors (Lipinski definition) is 2. The molecular formula is C30H30N4O3S. The molecule has 2 aliphatic rings. The molecule has 4 aromatic rings. The Morgan fingerprint density at radius 3 is 2.32 bits per heavy atom. The normalized spacial score (nSPS) is 18.7. The van der Waals surface area contributed by atoms with Crippen LogP contribution in [0.1, 0.15) is 52.7 Å². The van der Waals surface area contributed by atoms with Crippen LogP contribution >= 0.6 is 0 Å². The van der Waals surface area contributed by atoms with Crippen molar-refractivity contribution < 1.29 is 13.2 Å². The van der Waals surface area contributed by atoms with Crippen molar-refractivity contribution in [2.24, 2.45) is 0 Å². The highest BCUT2D eigenvalue weighted by atomic mass is 32.2. The van der Waals surface area contributed by atoms with Gasteiger partial charge in [-0.2, -0.15) is 4.98 Å². The van der Waals surface area contributed by atoms with Crippen LogP contribution in [-0.4, -0.2) is 24.9 Å². The number of ether oxygens (including phenoxy) is 1. The second-order valence-corrected chi connectivity index (χ2v) is 11.8. The third kappa shape index (κ3) is 5.14. The molecule has 38 heavy (non-hydrogen) atoms. The molecule has 2 heterocycles. The Kier molecular flexibility index (Phi) is 6.37. The van der Waals surface area contributed by atoms with Gasteiger partial charge >= 0.3 is 0 Å². The maximum Gasteiger partial charge on any atom is 0.264 e. The highest BCUT2D eigenvalue weighted by molar-refractivity contribution is 7.92. The smallest absolute Gasteiger partial charge is 0.264 e. The van der Waals surface area contributed by atoms with Gasteiger partial charge < -0.3 is 10.1 Å². The van der Waals surface area contributed by atoms with E-state index in [2.05, 4.69) is 44.3 Å². The molecule has 194 valence electrons. The van der Waals surface area contributed by atoms with Crippen molar-refractivity contribution in [3.8, 4) is 17.1 Å². The number of hydrogen-bond acceptors (Lipinski definition) is 6. The molecule has 1 aliphatic carbocycles. The van der Waals surface area contributed by atoms with E-state index >= 15 is 0 Å². The van der Waals surface area contributed by atoms with Gasteiger partial charge in [0.05, 0.1) is 10.6 Å². The third-order valence-electron chi connectivity index (χ3n) is 7.15. The van der Waals surface area contributed by atoms with Gasteiger partial charge in [-0.05, 0) is 72.6 Å². The number of fused-ring (bicyclic) bond motifs is 4. The molecule has 1 fully saturated rings. The maximum atomic E-state index is 13.3. The summed E-state index contributed by atoms with van der Waals surface area (Å²) in [6, 6.07) is 23.3. The SMILES string of the molecule is Cc1cccc(C)c1-c1cc2nc(n1)NS(=O)(=O)c1cccc(c1)CNC[C@@H](c1ccc(C3CC3)cc1)O2. The number of anilines is 1. The summed E-state index contributed by atoms with van der Waals surface area (Å²) in [7, 11) is -3.91. The summed E-state index contributed by atoms with van der Waals surface area (Å²) < 4.78 is 35.6. The number of benzene rings is 3. The largest absolute Gasteiger partial charge is 0.468 e. The van der Waals surface area contributed by atoms with E-state index in [4.69, 9.17) is 4.74 Å². The first-order chi connectivity index (χ1) is 18.4. The number of aryl methyl sites for hydroxylation is 2. The van der Waals surface area contributed by atoms with Gasteiger partial charge in [0.2, 0.25) is 11.8 Å². The molecular weight excluding hydrogens is 496 g/mol. The van der Waals surface area contributed by atoms with Crippen molar-refractivity contribution in [3.63, 3.8) is 0 Å². The van der Waals surface area contributed by atoms with Crippen LogP contribution in [0.25, 0.3) is 11.3 Å². The molecule has 2 N–H and O–H groups in total. The van der Waals surface area contributed by atoms with Crippen LogP contribution in [0.2, 0.25) is 0 Å². The lowest BCUT2D eigenvalue weighted by Crippen LogP contribution is -2.25. The third-order valence-corrected chi connectivity index (χ3v) is 8.48. The summed E-state index contributed by atoms with van der Waals surface area (Å²) in [4.78, 5) is 9.28. The van der Waals surface area contributed by atoms with Gasteiger partial charge in [-0.3, -0.25) is 0 Å². The zero-order valence-electron chi connectivity index (χ0n) is 21.4. The lowest BCUT2D eigenvalue weighted by atomic mass is 10.00. The topological polar surface area (TPSA) is 93.2 Å². The highest BCUT2D eigenvalue weighted by Gasteiger charge is 2.25. The molecule has 8 heteroatoms. The zero-order chi connectivity index (χ0) is 26.3. The molecule has 1 atom stereocenters. The predicted molar refractivity (Wildman–Crippen MR) is 148 cm³/mol. The summed E-state index contributed by atoms with van der Waals surface area (Å²) in [6.07, 6.45) is 2.17. The number of sulfonamides is 1. The molecule has 1 saturated carbocycles. The second kappa shape index (κ2) is 9.85. The van der Waals surface area contributed by atoms with E-state index in [9.17, 15) is 8.42 Å². The number of rotatable bonds is 3. The van der Waals surface area contributed by atoms with Gasteiger partial charge in [0.1, 0.15) is 6.10 Å². The molecule has 3 aromatic carbocycles. The van der Waals surface area contributed by atoms with E-state index < -0.39 is 10.0 Å². The Balaban J connectivity index is 1.46. The first-order valence-electron chi connectivity index (χ1n) is 12.9. The molecule has 1 aliphatic heterocycles. The summed E-state index contributed by atoms with van der Waals surface area (Å²) >= 11 is 0. The molecule has 0 spiro atoms. The van der Waals surface area contributed by atoms with E-state index in [0.29, 0.717) is 30.6 Å². The Labute approximate surface area is 223 Å². The Hall–Kier alpha value is -3.75. The van der Waals surface area contributed by atoms with E-state index in [-0.39, 0.29) is 16.9 Å². The molecule has 7 nitrogen and oxygen atoms in total. The lowest BCUT2D eigenvalue weighted by Gasteiger charge is -2.21. The first kappa shape index (κ1) is 24.6. The van der Waals surface area contributed by atoms with Crippen molar-refractivity contribution in [2.45, 2.75) is 50.2 Å². The van der Waals surface area contributed by atoms with Crippen molar-refractivity contribution in [3.05, 3.63) is 101 Å². The minimum Gasteiger partial charge on any atom is -0.468 e. The molecule has 1 aromatic heterocycles. The molecule has 0 radical (unpaired) electrons. The van der Waals surface area contributed by atoms with Crippen LogP contribution in [0.5, 0.6) is 5.88 Å². The summed E-state index contributed by atoms with van der Waals surface area (Å²) in [5.41, 5.74) is 6.83.